The third-order valence-corrected chi connectivity index (χ3v) is 7.17. The summed E-state index contributed by atoms with van der Waals surface area (Å²) in [5.74, 6) is -0.909. The summed E-state index contributed by atoms with van der Waals surface area (Å²) in [6, 6.07) is 11.5. The molecule has 0 aromatic heterocycles. The van der Waals surface area contributed by atoms with Crippen LogP contribution in [-0.2, 0) is 14.9 Å². The van der Waals surface area contributed by atoms with Crippen LogP contribution in [0.4, 0.5) is 0 Å². The molecule has 0 radical (unpaired) electrons. The zero-order valence-electron chi connectivity index (χ0n) is 14.3. The normalized spacial score (nSPS) is 13.8. The summed E-state index contributed by atoms with van der Waals surface area (Å²) in [5.41, 5.74) is -0.785. The van der Waals surface area contributed by atoms with E-state index in [0.717, 1.165) is 12.1 Å². The quantitative estimate of drug-likeness (QED) is 0.311. The molecule has 0 spiro atoms. The Kier molecular flexibility index (Phi) is 5.98. The van der Waals surface area contributed by atoms with Gasteiger partial charge in [0, 0.05) is 21.2 Å². The molecular formula is C19H12Cl4O5S. The Bertz CT molecular complexity index is 1210. The van der Waals surface area contributed by atoms with E-state index in [1.165, 1.54) is 42.5 Å². The van der Waals surface area contributed by atoms with Crippen molar-refractivity contribution in [2.75, 3.05) is 0 Å². The molecular weight excluding hydrogens is 482 g/mol. The summed E-state index contributed by atoms with van der Waals surface area (Å²) >= 11 is 24.8. The SMILES string of the molecule is O=S(=O)(O)C(c1cccc(Cl)c1)(c1cc(O)ccc1Cl)c1c(O)ccc(Cl)c1Cl. The molecule has 0 aliphatic heterocycles. The Morgan fingerprint density at radius 3 is 2.10 bits per heavy atom. The third-order valence-electron chi connectivity index (χ3n) is 4.37. The Balaban J connectivity index is 2.68. The van der Waals surface area contributed by atoms with Crippen LogP contribution in [0.2, 0.25) is 20.1 Å². The van der Waals surface area contributed by atoms with Crippen molar-refractivity contribution < 1.29 is 23.2 Å². The van der Waals surface area contributed by atoms with E-state index < -0.39 is 26.2 Å². The lowest BCUT2D eigenvalue weighted by Crippen LogP contribution is -2.39. The van der Waals surface area contributed by atoms with Crippen molar-refractivity contribution in [1.29, 1.82) is 0 Å². The van der Waals surface area contributed by atoms with Gasteiger partial charge in [0.2, 0.25) is 0 Å². The van der Waals surface area contributed by atoms with Gasteiger partial charge >= 0.3 is 0 Å². The maximum absolute atomic E-state index is 13.0. The summed E-state index contributed by atoms with van der Waals surface area (Å²) in [4.78, 5) is 0. The molecule has 3 aromatic carbocycles. The average Bonchev–Trinajstić information content (AvgIpc) is 2.63. The smallest absolute Gasteiger partial charge is 0.283 e. The maximum Gasteiger partial charge on any atom is 0.283 e. The molecule has 0 amide bonds. The number of hydrogen-bond acceptors (Lipinski definition) is 4. The van der Waals surface area contributed by atoms with Crippen molar-refractivity contribution in [3.05, 3.63) is 91.4 Å². The number of rotatable bonds is 4. The number of aromatic hydroxyl groups is 2. The third kappa shape index (κ3) is 3.65. The van der Waals surface area contributed by atoms with Crippen molar-refractivity contribution in [2.45, 2.75) is 4.75 Å². The second kappa shape index (κ2) is 7.87. The van der Waals surface area contributed by atoms with Crippen molar-refractivity contribution in [2.24, 2.45) is 0 Å². The van der Waals surface area contributed by atoms with Gasteiger partial charge in [-0.2, -0.15) is 8.42 Å². The lowest BCUT2D eigenvalue weighted by atomic mass is 9.83. The highest BCUT2D eigenvalue weighted by Gasteiger charge is 2.53. The molecule has 3 rings (SSSR count). The van der Waals surface area contributed by atoms with E-state index in [9.17, 15) is 23.2 Å². The van der Waals surface area contributed by atoms with Crippen LogP contribution in [0.5, 0.6) is 11.5 Å². The standard InChI is InChI=1S/C19H12Cl4O5S/c20-11-3-1-2-10(8-11)19(29(26,27)28,13-9-12(24)4-5-14(13)21)17-16(25)7-6-15(22)18(17)23/h1-9,24-25H,(H,26,27,28). The molecule has 0 saturated carbocycles. The van der Waals surface area contributed by atoms with Gasteiger partial charge in [0.25, 0.3) is 10.1 Å². The molecule has 1 unspecified atom stereocenters. The fraction of sp³-hybridized carbons (Fsp3) is 0.0526. The van der Waals surface area contributed by atoms with Crippen LogP contribution in [0, 0.1) is 0 Å². The first-order valence-electron chi connectivity index (χ1n) is 7.89. The minimum absolute atomic E-state index is 0.0780. The predicted molar refractivity (Wildman–Crippen MR) is 114 cm³/mol. The number of hydrogen-bond donors (Lipinski definition) is 3. The van der Waals surface area contributed by atoms with E-state index >= 15 is 0 Å². The number of phenols is 2. The highest BCUT2D eigenvalue weighted by atomic mass is 35.5. The molecule has 29 heavy (non-hydrogen) atoms. The molecule has 3 N–H and O–H groups in total. The molecule has 0 bridgehead atoms. The molecule has 0 heterocycles. The molecule has 10 heteroatoms. The fourth-order valence-corrected chi connectivity index (χ4v) is 5.57. The Hall–Kier alpha value is -1.67. The van der Waals surface area contributed by atoms with E-state index in [2.05, 4.69) is 0 Å². The van der Waals surface area contributed by atoms with Crippen molar-refractivity contribution >= 4 is 56.5 Å². The Morgan fingerprint density at radius 1 is 0.828 bits per heavy atom. The highest BCUT2D eigenvalue weighted by molar-refractivity contribution is 7.87. The monoisotopic (exact) mass is 492 g/mol. The number of halogens is 4. The van der Waals surface area contributed by atoms with Gasteiger partial charge in [-0.1, -0.05) is 58.5 Å². The fourth-order valence-electron chi connectivity index (χ4n) is 3.22. The molecule has 0 aliphatic rings. The molecule has 1 atom stereocenters. The molecule has 0 fully saturated rings. The molecule has 152 valence electrons. The summed E-state index contributed by atoms with van der Waals surface area (Å²) in [6.07, 6.45) is 0. The van der Waals surface area contributed by atoms with Gasteiger partial charge in [-0.05, 0) is 48.0 Å². The van der Waals surface area contributed by atoms with Gasteiger partial charge < -0.3 is 10.2 Å². The molecule has 5 nitrogen and oxygen atoms in total. The van der Waals surface area contributed by atoms with Crippen molar-refractivity contribution in [1.82, 2.24) is 0 Å². The van der Waals surface area contributed by atoms with Crippen LogP contribution < -0.4 is 0 Å². The average molecular weight is 494 g/mol. The summed E-state index contributed by atoms with van der Waals surface area (Å²) in [5, 5.41) is 20.2. The zero-order valence-corrected chi connectivity index (χ0v) is 18.1. The van der Waals surface area contributed by atoms with Crippen LogP contribution in [0.3, 0.4) is 0 Å². The Morgan fingerprint density at radius 2 is 1.48 bits per heavy atom. The van der Waals surface area contributed by atoms with Gasteiger partial charge in [-0.15, -0.1) is 0 Å². The van der Waals surface area contributed by atoms with Gasteiger partial charge in [0.1, 0.15) is 11.5 Å². The molecule has 0 saturated heterocycles. The first-order valence-corrected chi connectivity index (χ1v) is 10.8. The Labute approximate surface area is 186 Å². The summed E-state index contributed by atoms with van der Waals surface area (Å²) in [7, 11) is -5.16. The van der Waals surface area contributed by atoms with Gasteiger partial charge in [0.15, 0.2) is 4.75 Å². The molecule has 3 aromatic rings. The minimum atomic E-state index is -5.16. The lowest BCUT2D eigenvalue weighted by Gasteiger charge is -2.34. The van der Waals surface area contributed by atoms with Crippen LogP contribution >= 0.6 is 46.4 Å². The largest absolute Gasteiger partial charge is 0.508 e. The topological polar surface area (TPSA) is 94.8 Å². The van der Waals surface area contributed by atoms with Gasteiger partial charge in [-0.25, -0.2) is 0 Å². The number of phenolic OH excluding ortho intramolecular Hbond substituents is 2. The van der Waals surface area contributed by atoms with Crippen LogP contribution in [0.25, 0.3) is 0 Å². The zero-order chi connectivity index (χ0) is 21.6. The first-order chi connectivity index (χ1) is 13.5. The lowest BCUT2D eigenvalue weighted by molar-refractivity contribution is 0.439. The van der Waals surface area contributed by atoms with E-state index in [4.69, 9.17) is 46.4 Å². The van der Waals surface area contributed by atoms with Crippen molar-refractivity contribution in [3.8, 4) is 11.5 Å². The van der Waals surface area contributed by atoms with E-state index in [1.807, 2.05) is 0 Å². The van der Waals surface area contributed by atoms with E-state index in [1.54, 1.807) is 0 Å². The van der Waals surface area contributed by atoms with Crippen LogP contribution in [0.1, 0.15) is 16.7 Å². The minimum Gasteiger partial charge on any atom is -0.508 e. The molecule has 0 aliphatic carbocycles. The van der Waals surface area contributed by atoms with E-state index in [0.29, 0.717) is 0 Å². The first kappa shape index (κ1) is 22.0. The number of benzene rings is 3. The second-order valence-corrected chi connectivity index (χ2v) is 9.28. The van der Waals surface area contributed by atoms with Gasteiger partial charge in [-0.3, -0.25) is 4.55 Å². The maximum atomic E-state index is 13.0. The summed E-state index contributed by atoms with van der Waals surface area (Å²) in [6.45, 7) is 0. The van der Waals surface area contributed by atoms with Gasteiger partial charge in [0.05, 0.1) is 10.0 Å². The highest BCUT2D eigenvalue weighted by Crippen LogP contribution is 2.53. The predicted octanol–water partition coefficient (Wildman–Crippen LogP) is 5.89. The van der Waals surface area contributed by atoms with Crippen LogP contribution in [-0.4, -0.2) is 23.2 Å². The van der Waals surface area contributed by atoms with Crippen molar-refractivity contribution in [3.63, 3.8) is 0 Å². The second-order valence-electron chi connectivity index (χ2n) is 6.09. The summed E-state index contributed by atoms with van der Waals surface area (Å²) < 4.78 is 34.0. The van der Waals surface area contributed by atoms with Crippen LogP contribution in [0.15, 0.2) is 54.6 Å². The van der Waals surface area contributed by atoms with E-state index in [-0.39, 0.29) is 37.0 Å².